The molecule has 4 nitrogen and oxygen atoms in total. The molecule has 0 aromatic heterocycles. The molecule has 0 amide bonds. The van der Waals surface area contributed by atoms with Crippen LogP contribution in [-0.4, -0.2) is 24.1 Å². The maximum Gasteiger partial charge on any atom is 0.306 e. The minimum absolute atomic E-state index is 0.00298. The van der Waals surface area contributed by atoms with Crippen LogP contribution in [0.3, 0.4) is 0 Å². The molecule has 0 N–H and O–H groups in total. The van der Waals surface area contributed by atoms with Gasteiger partial charge in [-0.25, -0.2) is 0 Å². The van der Waals surface area contributed by atoms with Gasteiger partial charge in [-0.2, -0.15) is 0 Å². The van der Waals surface area contributed by atoms with Gasteiger partial charge >= 0.3 is 11.9 Å². The van der Waals surface area contributed by atoms with Crippen molar-refractivity contribution in [2.75, 3.05) is 0 Å². The monoisotopic (exact) mass is 394 g/mol. The molecule has 0 aliphatic heterocycles. The topological polar surface area (TPSA) is 52.6 Å². The highest BCUT2D eigenvalue weighted by Gasteiger charge is 2.35. The maximum absolute atomic E-state index is 12.4. The molecule has 6 atom stereocenters. The van der Waals surface area contributed by atoms with Crippen LogP contribution in [0.4, 0.5) is 0 Å². The SMILES string of the molecule is CC(C)[C@H]1CC[C@@H](C)C[C@H]1OC(=O)CCC(=O)O[C@@H]1C[C@H](C)CC[C@H]1C(C)C. The Bertz CT molecular complexity index is 467. The predicted octanol–water partition coefficient (Wildman–Crippen LogP) is 5.77. The first kappa shape index (κ1) is 23.2. The molecule has 0 saturated heterocycles. The summed E-state index contributed by atoms with van der Waals surface area (Å²) in [5, 5.41) is 0. The molecule has 162 valence electrons. The lowest BCUT2D eigenvalue weighted by Gasteiger charge is -2.37. The van der Waals surface area contributed by atoms with Gasteiger partial charge in [-0.1, -0.05) is 54.4 Å². The maximum atomic E-state index is 12.4. The summed E-state index contributed by atoms with van der Waals surface area (Å²) >= 11 is 0. The van der Waals surface area contributed by atoms with Crippen LogP contribution in [0.1, 0.15) is 92.9 Å². The largest absolute Gasteiger partial charge is 0.462 e. The van der Waals surface area contributed by atoms with Crippen molar-refractivity contribution in [2.45, 2.75) is 105 Å². The van der Waals surface area contributed by atoms with Crippen LogP contribution in [0.5, 0.6) is 0 Å². The molecular weight excluding hydrogens is 352 g/mol. The average Bonchev–Trinajstić information content (AvgIpc) is 2.59. The molecule has 4 heteroatoms. The van der Waals surface area contributed by atoms with Crippen LogP contribution >= 0.6 is 0 Å². The lowest BCUT2D eigenvalue weighted by Crippen LogP contribution is -2.36. The number of esters is 2. The van der Waals surface area contributed by atoms with E-state index in [0.29, 0.717) is 35.5 Å². The van der Waals surface area contributed by atoms with E-state index < -0.39 is 0 Å². The van der Waals surface area contributed by atoms with E-state index in [1.54, 1.807) is 0 Å². The van der Waals surface area contributed by atoms with Crippen molar-refractivity contribution >= 4 is 11.9 Å². The Morgan fingerprint density at radius 2 is 1.07 bits per heavy atom. The van der Waals surface area contributed by atoms with Gasteiger partial charge in [0.2, 0.25) is 0 Å². The van der Waals surface area contributed by atoms with E-state index in [4.69, 9.17) is 9.47 Å². The van der Waals surface area contributed by atoms with E-state index in [1.165, 1.54) is 12.8 Å². The van der Waals surface area contributed by atoms with Crippen molar-refractivity contribution in [3.05, 3.63) is 0 Å². The van der Waals surface area contributed by atoms with Crippen LogP contribution in [0.15, 0.2) is 0 Å². The minimum Gasteiger partial charge on any atom is -0.462 e. The first-order chi connectivity index (χ1) is 13.2. The van der Waals surface area contributed by atoms with Gasteiger partial charge in [0.15, 0.2) is 0 Å². The fourth-order valence-electron chi connectivity index (χ4n) is 5.16. The molecule has 2 fully saturated rings. The van der Waals surface area contributed by atoms with Crippen molar-refractivity contribution < 1.29 is 19.1 Å². The van der Waals surface area contributed by atoms with Gasteiger partial charge in [-0.15, -0.1) is 0 Å². The van der Waals surface area contributed by atoms with Gasteiger partial charge in [0.05, 0.1) is 12.8 Å². The van der Waals surface area contributed by atoms with Crippen molar-refractivity contribution in [1.82, 2.24) is 0 Å². The second-order valence-electron chi connectivity index (χ2n) is 10.2. The number of rotatable bonds is 7. The summed E-state index contributed by atoms with van der Waals surface area (Å²) in [4.78, 5) is 24.8. The van der Waals surface area contributed by atoms with E-state index in [0.717, 1.165) is 25.7 Å². The van der Waals surface area contributed by atoms with E-state index in [2.05, 4.69) is 41.5 Å². The Hall–Kier alpha value is -1.06. The fourth-order valence-corrected chi connectivity index (χ4v) is 5.16. The van der Waals surface area contributed by atoms with Gasteiger partial charge in [-0.3, -0.25) is 9.59 Å². The Labute approximate surface area is 172 Å². The first-order valence-corrected chi connectivity index (χ1v) is 11.6. The molecule has 0 radical (unpaired) electrons. The Morgan fingerprint density at radius 3 is 1.39 bits per heavy atom. The van der Waals surface area contributed by atoms with Crippen molar-refractivity contribution in [1.29, 1.82) is 0 Å². The molecule has 0 aromatic rings. The van der Waals surface area contributed by atoms with Crippen LogP contribution in [0, 0.1) is 35.5 Å². The second-order valence-corrected chi connectivity index (χ2v) is 10.2. The summed E-state index contributed by atoms with van der Waals surface area (Å²) in [7, 11) is 0. The van der Waals surface area contributed by atoms with Gasteiger partial charge in [0, 0.05) is 0 Å². The fraction of sp³-hybridized carbons (Fsp3) is 0.917. The third-order valence-electron chi connectivity index (χ3n) is 7.02. The van der Waals surface area contributed by atoms with Gasteiger partial charge in [-0.05, 0) is 61.2 Å². The van der Waals surface area contributed by atoms with E-state index in [1.807, 2.05) is 0 Å². The summed E-state index contributed by atoms with van der Waals surface area (Å²) in [6, 6.07) is 0. The van der Waals surface area contributed by atoms with Crippen LogP contribution in [-0.2, 0) is 19.1 Å². The molecule has 0 spiro atoms. The minimum atomic E-state index is -0.251. The Morgan fingerprint density at radius 1 is 0.714 bits per heavy atom. The molecular formula is C24H42O4. The number of hydrogen-bond donors (Lipinski definition) is 0. The summed E-state index contributed by atoms with van der Waals surface area (Å²) in [6.45, 7) is 13.3. The van der Waals surface area contributed by atoms with Crippen molar-refractivity contribution in [3.63, 3.8) is 0 Å². The molecule has 2 aliphatic rings. The number of carbonyl (C=O) groups excluding carboxylic acids is 2. The zero-order valence-electron chi connectivity index (χ0n) is 18.9. The smallest absolute Gasteiger partial charge is 0.306 e. The molecule has 2 saturated carbocycles. The lowest BCUT2D eigenvalue weighted by atomic mass is 9.75. The zero-order chi connectivity index (χ0) is 20.8. The molecule has 0 unspecified atom stereocenters. The molecule has 28 heavy (non-hydrogen) atoms. The summed E-state index contributed by atoms with van der Waals surface area (Å²) < 4.78 is 11.6. The van der Waals surface area contributed by atoms with E-state index >= 15 is 0 Å². The highest BCUT2D eigenvalue weighted by molar-refractivity contribution is 5.77. The highest BCUT2D eigenvalue weighted by atomic mass is 16.6. The Kier molecular flexibility index (Phi) is 8.82. The second kappa shape index (κ2) is 10.6. The predicted molar refractivity (Wildman–Crippen MR) is 112 cm³/mol. The summed E-state index contributed by atoms with van der Waals surface area (Å²) in [5.41, 5.74) is 0. The van der Waals surface area contributed by atoms with Crippen LogP contribution < -0.4 is 0 Å². The summed E-state index contributed by atoms with van der Waals surface area (Å²) in [5.74, 6) is 2.58. The van der Waals surface area contributed by atoms with Gasteiger partial charge < -0.3 is 9.47 Å². The molecule has 2 aliphatic carbocycles. The lowest BCUT2D eigenvalue weighted by molar-refractivity contribution is -0.163. The average molecular weight is 395 g/mol. The standard InChI is InChI=1S/C24H42O4/c1-15(2)19-9-7-17(5)13-21(19)27-23(25)11-12-24(26)28-22-14-18(6)8-10-20(22)16(3)4/h15-22H,7-14H2,1-6H3/t17-,18-,19-,20+,21-,22-/m1/s1. The van der Waals surface area contributed by atoms with Gasteiger partial charge in [0.1, 0.15) is 12.2 Å². The molecule has 2 rings (SSSR count). The molecule has 0 aromatic carbocycles. The van der Waals surface area contributed by atoms with Crippen LogP contribution in [0.2, 0.25) is 0 Å². The van der Waals surface area contributed by atoms with Crippen molar-refractivity contribution in [2.24, 2.45) is 35.5 Å². The number of hydrogen-bond acceptors (Lipinski definition) is 4. The number of carbonyl (C=O) groups is 2. The quantitative estimate of drug-likeness (QED) is 0.514. The van der Waals surface area contributed by atoms with Gasteiger partial charge in [0.25, 0.3) is 0 Å². The summed E-state index contributed by atoms with van der Waals surface area (Å²) in [6.07, 6.45) is 6.79. The Balaban J connectivity index is 1.80. The molecule has 0 bridgehead atoms. The zero-order valence-corrected chi connectivity index (χ0v) is 18.9. The third kappa shape index (κ3) is 6.77. The normalized spacial score (nSPS) is 33.7. The molecule has 0 heterocycles. The highest BCUT2D eigenvalue weighted by Crippen LogP contribution is 2.36. The number of ether oxygens (including phenoxy) is 2. The van der Waals surface area contributed by atoms with E-state index in [-0.39, 0.29) is 37.0 Å². The van der Waals surface area contributed by atoms with Crippen molar-refractivity contribution in [3.8, 4) is 0 Å². The van der Waals surface area contributed by atoms with Crippen LogP contribution in [0.25, 0.3) is 0 Å². The first-order valence-electron chi connectivity index (χ1n) is 11.6. The van der Waals surface area contributed by atoms with E-state index in [9.17, 15) is 9.59 Å². The third-order valence-corrected chi connectivity index (χ3v) is 7.02.